The fourth-order valence-corrected chi connectivity index (χ4v) is 4.95. The van der Waals surface area contributed by atoms with E-state index in [4.69, 9.17) is 0 Å². The Kier molecular flexibility index (Phi) is 7.89. The van der Waals surface area contributed by atoms with E-state index in [1.54, 1.807) is 11.3 Å². The van der Waals surface area contributed by atoms with Crippen molar-refractivity contribution in [3.05, 3.63) is 52.2 Å². The van der Waals surface area contributed by atoms with Crippen LogP contribution in [0, 0.1) is 0 Å². The van der Waals surface area contributed by atoms with Crippen LogP contribution in [0.15, 0.2) is 46.9 Å². The molecule has 3 rings (SSSR count). The maximum atomic E-state index is 12.3. The van der Waals surface area contributed by atoms with E-state index in [0.717, 1.165) is 35.8 Å². The third kappa shape index (κ3) is 5.93. The van der Waals surface area contributed by atoms with Gasteiger partial charge in [0.25, 0.3) is 0 Å². The molecule has 1 N–H and O–H groups in total. The van der Waals surface area contributed by atoms with Gasteiger partial charge < -0.3 is 5.32 Å². The normalized spacial score (nSPS) is 11.2. The van der Waals surface area contributed by atoms with E-state index in [-0.39, 0.29) is 11.9 Å². The van der Waals surface area contributed by atoms with Crippen LogP contribution in [0.2, 0.25) is 0 Å². The van der Waals surface area contributed by atoms with E-state index >= 15 is 0 Å². The van der Waals surface area contributed by atoms with Crippen molar-refractivity contribution in [2.45, 2.75) is 51.2 Å². The summed E-state index contributed by atoms with van der Waals surface area (Å²) in [5, 5.41) is 14.7. The molecule has 7 heteroatoms. The molecular formula is C22H28N4OS2. The summed E-state index contributed by atoms with van der Waals surface area (Å²) < 4.78 is 2.12. The zero-order chi connectivity index (χ0) is 20.6. The first-order valence-electron chi connectivity index (χ1n) is 10.0. The standard InChI is InChI=1S/C22H28N4OS2/c1-4-8-19-13-18(14-28-19)21-24-25-22(26(21)16(2)3)29-15-20(27)23-12-11-17-9-6-5-7-10-17/h5-7,9-10,13-14,16H,4,8,11-12,15H2,1-3H3,(H,23,27). The summed E-state index contributed by atoms with van der Waals surface area (Å²) in [6.45, 7) is 7.07. The van der Waals surface area contributed by atoms with Gasteiger partial charge in [0.2, 0.25) is 5.91 Å². The number of nitrogens with one attached hydrogen (secondary N) is 1. The number of thiophene rings is 1. The quantitative estimate of drug-likeness (QED) is 0.462. The van der Waals surface area contributed by atoms with Crippen LogP contribution in [0.3, 0.4) is 0 Å². The molecule has 1 amide bonds. The molecule has 0 fully saturated rings. The van der Waals surface area contributed by atoms with Crippen LogP contribution in [0.5, 0.6) is 0 Å². The second-order valence-electron chi connectivity index (χ2n) is 7.20. The Balaban J connectivity index is 1.58. The van der Waals surface area contributed by atoms with E-state index in [1.807, 2.05) is 18.2 Å². The number of benzene rings is 1. The first-order chi connectivity index (χ1) is 14.1. The number of hydrogen-bond acceptors (Lipinski definition) is 5. The molecule has 0 saturated carbocycles. The number of nitrogens with zero attached hydrogens (tertiary/aromatic N) is 3. The molecule has 0 unspecified atom stereocenters. The Morgan fingerprint density at radius 1 is 1.21 bits per heavy atom. The summed E-state index contributed by atoms with van der Waals surface area (Å²) >= 11 is 3.22. The molecule has 154 valence electrons. The van der Waals surface area contributed by atoms with E-state index in [9.17, 15) is 4.79 Å². The molecule has 0 saturated heterocycles. The number of hydrogen-bond donors (Lipinski definition) is 1. The second kappa shape index (κ2) is 10.6. The van der Waals surface area contributed by atoms with Crippen molar-refractivity contribution in [3.8, 4) is 11.4 Å². The summed E-state index contributed by atoms with van der Waals surface area (Å²) in [6.07, 6.45) is 3.06. The monoisotopic (exact) mass is 428 g/mol. The topological polar surface area (TPSA) is 59.8 Å². The first-order valence-corrected chi connectivity index (χ1v) is 11.9. The third-order valence-electron chi connectivity index (χ3n) is 4.50. The Morgan fingerprint density at radius 3 is 2.72 bits per heavy atom. The van der Waals surface area contributed by atoms with Gasteiger partial charge in [-0.25, -0.2) is 0 Å². The first kappa shape index (κ1) is 21.6. The number of rotatable bonds is 10. The zero-order valence-corrected chi connectivity index (χ0v) is 18.9. The lowest BCUT2D eigenvalue weighted by molar-refractivity contribution is -0.118. The number of carbonyl (C=O) groups excluding carboxylic acids is 1. The number of amides is 1. The van der Waals surface area contributed by atoms with Crippen LogP contribution < -0.4 is 5.32 Å². The zero-order valence-electron chi connectivity index (χ0n) is 17.2. The van der Waals surface area contributed by atoms with Crippen molar-refractivity contribution in [1.82, 2.24) is 20.1 Å². The van der Waals surface area contributed by atoms with Crippen molar-refractivity contribution < 1.29 is 4.79 Å². The van der Waals surface area contributed by atoms with Crippen LogP contribution in [-0.2, 0) is 17.6 Å². The van der Waals surface area contributed by atoms with Crippen LogP contribution in [0.1, 0.15) is 43.7 Å². The lowest BCUT2D eigenvalue weighted by Gasteiger charge is -2.13. The fraction of sp³-hybridized carbons (Fsp3) is 0.409. The molecule has 29 heavy (non-hydrogen) atoms. The Labute approximate surface area is 180 Å². The number of carbonyl (C=O) groups is 1. The SMILES string of the molecule is CCCc1cc(-c2nnc(SCC(=O)NCCc3ccccc3)n2C(C)C)cs1. The van der Waals surface area contributed by atoms with Gasteiger partial charge in [-0.3, -0.25) is 9.36 Å². The van der Waals surface area contributed by atoms with E-state index in [0.29, 0.717) is 12.3 Å². The average molecular weight is 429 g/mol. The highest BCUT2D eigenvalue weighted by Gasteiger charge is 2.18. The number of thioether (sulfide) groups is 1. The molecule has 0 aliphatic heterocycles. The van der Waals surface area contributed by atoms with Crippen molar-refractivity contribution in [2.75, 3.05) is 12.3 Å². The summed E-state index contributed by atoms with van der Waals surface area (Å²) in [6, 6.07) is 12.6. The van der Waals surface area contributed by atoms with Gasteiger partial charge in [0.05, 0.1) is 5.75 Å². The van der Waals surface area contributed by atoms with E-state index in [2.05, 4.69) is 64.4 Å². The highest BCUT2D eigenvalue weighted by atomic mass is 32.2. The molecule has 1 aromatic carbocycles. The molecule has 0 atom stereocenters. The van der Waals surface area contributed by atoms with E-state index < -0.39 is 0 Å². The van der Waals surface area contributed by atoms with Gasteiger partial charge in [-0.05, 0) is 38.3 Å². The smallest absolute Gasteiger partial charge is 0.230 e. The molecule has 0 spiro atoms. The van der Waals surface area contributed by atoms with Gasteiger partial charge in [0.1, 0.15) is 0 Å². The van der Waals surface area contributed by atoms with Gasteiger partial charge in [-0.1, -0.05) is 55.4 Å². The van der Waals surface area contributed by atoms with Crippen LogP contribution >= 0.6 is 23.1 Å². The Bertz CT molecular complexity index is 918. The van der Waals surface area contributed by atoms with Crippen LogP contribution in [-0.4, -0.2) is 33.0 Å². The third-order valence-corrected chi connectivity index (χ3v) is 6.44. The van der Waals surface area contributed by atoms with E-state index in [1.165, 1.54) is 22.2 Å². The number of aromatic nitrogens is 3. The largest absolute Gasteiger partial charge is 0.355 e. The predicted octanol–water partition coefficient (Wildman–Crippen LogP) is 4.99. The maximum absolute atomic E-state index is 12.3. The summed E-state index contributed by atoms with van der Waals surface area (Å²) in [5.74, 6) is 1.24. The van der Waals surface area contributed by atoms with Crippen molar-refractivity contribution in [2.24, 2.45) is 0 Å². The van der Waals surface area contributed by atoms with Gasteiger partial charge in [0, 0.05) is 28.4 Å². The van der Waals surface area contributed by atoms with Crippen LogP contribution in [0.25, 0.3) is 11.4 Å². The molecule has 2 heterocycles. The summed E-state index contributed by atoms with van der Waals surface area (Å²) in [5.41, 5.74) is 2.33. The second-order valence-corrected chi connectivity index (χ2v) is 9.13. The molecule has 0 aliphatic carbocycles. The van der Waals surface area contributed by atoms with Gasteiger partial charge in [0.15, 0.2) is 11.0 Å². The molecule has 0 aliphatic rings. The van der Waals surface area contributed by atoms with Gasteiger partial charge in [-0.15, -0.1) is 21.5 Å². The summed E-state index contributed by atoms with van der Waals surface area (Å²) in [7, 11) is 0. The maximum Gasteiger partial charge on any atom is 0.230 e. The molecule has 3 aromatic rings. The van der Waals surface area contributed by atoms with Crippen LogP contribution in [0.4, 0.5) is 0 Å². The molecule has 0 radical (unpaired) electrons. The number of aryl methyl sites for hydroxylation is 1. The van der Waals surface area contributed by atoms with Crippen molar-refractivity contribution in [3.63, 3.8) is 0 Å². The van der Waals surface area contributed by atoms with Crippen molar-refractivity contribution in [1.29, 1.82) is 0 Å². The molecular weight excluding hydrogens is 400 g/mol. The highest BCUT2D eigenvalue weighted by molar-refractivity contribution is 7.99. The Morgan fingerprint density at radius 2 is 2.00 bits per heavy atom. The summed E-state index contributed by atoms with van der Waals surface area (Å²) in [4.78, 5) is 13.6. The highest BCUT2D eigenvalue weighted by Crippen LogP contribution is 2.30. The molecule has 2 aromatic heterocycles. The van der Waals surface area contributed by atoms with Gasteiger partial charge >= 0.3 is 0 Å². The fourth-order valence-electron chi connectivity index (χ4n) is 3.09. The van der Waals surface area contributed by atoms with Crippen molar-refractivity contribution >= 4 is 29.0 Å². The van der Waals surface area contributed by atoms with Gasteiger partial charge in [-0.2, -0.15) is 0 Å². The average Bonchev–Trinajstić information content (AvgIpc) is 3.34. The minimum absolute atomic E-state index is 0.0200. The minimum Gasteiger partial charge on any atom is -0.355 e. The molecule has 5 nitrogen and oxygen atoms in total. The minimum atomic E-state index is 0.0200. The lowest BCUT2D eigenvalue weighted by atomic mass is 10.1. The molecule has 0 bridgehead atoms. The lowest BCUT2D eigenvalue weighted by Crippen LogP contribution is -2.27. The predicted molar refractivity (Wildman–Crippen MR) is 122 cm³/mol. The Hall–Kier alpha value is -2.12.